The third-order valence-corrected chi connectivity index (χ3v) is 1.99. The molecule has 1 aromatic carbocycles. The van der Waals surface area contributed by atoms with E-state index >= 15 is 0 Å². The molecule has 0 aliphatic carbocycles. The highest BCUT2D eigenvalue weighted by Crippen LogP contribution is 2.38. The lowest BCUT2D eigenvalue weighted by Gasteiger charge is -2.13. The van der Waals surface area contributed by atoms with Crippen LogP contribution in [0.15, 0.2) is 12.1 Å². The maximum absolute atomic E-state index is 12.5. The predicted octanol–water partition coefficient (Wildman–Crippen LogP) is 3.47. The van der Waals surface area contributed by atoms with E-state index in [-0.39, 0.29) is 12.1 Å². The van der Waals surface area contributed by atoms with Gasteiger partial charge in [-0.05, 0) is 12.1 Å². The summed E-state index contributed by atoms with van der Waals surface area (Å²) in [5.41, 5.74) is -5.58. The largest absolute Gasteiger partial charge is 0.418 e. The van der Waals surface area contributed by atoms with Crippen molar-refractivity contribution in [2.75, 3.05) is 0 Å². The smallest absolute Gasteiger partial charge is 0.192 e. The number of rotatable bonds is 0. The molecule has 0 saturated heterocycles. The van der Waals surface area contributed by atoms with E-state index in [1.165, 1.54) is 0 Å². The second-order valence-electron chi connectivity index (χ2n) is 3.17. The lowest BCUT2D eigenvalue weighted by molar-refractivity contribution is -0.141. The SMILES string of the molecule is N#Cc1cc(C(F)(F)F)cc(C#N)c1C(F)(F)F. The standard InChI is InChI=1S/C10H2F6N2/c11-9(12,13)7-1-5(3-17)8(10(14,15)16)6(2-7)4-18/h1-2H. The van der Waals surface area contributed by atoms with Crippen LogP contribution in [0, 0.1) is 22.7 Å². The molecule has 2 nitrogen and oxygen atoms in total. The zero-order chi connectivity index (χ0) is 14.1. The molecule has 94 valence electrons. The molecule has 0 aliphatic rings. The molecule has 0 spiro atoms. The van der Waals surface area contributed by atoms with Gasteiger partial charge in [-0.2, -0.15) is 36.9 Å². The van der Waals surface area contributed by atoms with Crippen molar-refractivity contribution in [3.8, 4) is 12.1 Å². The lowest BCUT2D eigenvalue weighted by atomic mass is 9.98. The molecular formula is C10H2F6N2. The predicted molar refractivity (Wildman–Crippen MR) is 45.9 cm³/mol. The topological polar surface area (TPSA) is 47.6 Å². The summed E-state index contributed by atoms with van der Waals surface area (Å²) >= 11 is 0. The average Bonchev–Trinajstić information content (AvgIpc) is 2.24. The lowest BCUT2D eigenvalue weighted by Crippen LogP contribution is -2.14. The Hall–Kier alpha value is -2.22. The van der Waals surface area contributed by atoms with Crippen LogP contribution in [0.4, 0.5) is 26.3 Å². The Bertz CT molecular complexity index is 521. The fourth-order valence-electron chi connectivity index (χ4n) is 1.29. The summed E-state index contributed by atoms with van der Waals surface area (Å²) in [4.78, 5) is 0. The Balaban J connectivity index is 3.69. The van der Waals surface area contributed by atoms with Crippen LogP contribution in [-0.4, -0.2) is 0 Å². The molecule has 0 aliphatic heterocycles. The molecule has 0 N–H and O–H groups in total. The highest BCUT2D eigenvalue weighted by molar-refractivity contribution is 5.52. The zero-order valence-corrected chi connectivity index (χ0v) is 8.32. The fourth-order valence-corrected chi connectivity index (χ4v) is 1.29. The van der Waals surface area contributed by atoms with Gasteiger partial charge in [0.2, 0.25) is 0 Å². The summed E-state index contributed by atoms with van der Waals surface area (Å²) in [5, 5.41) is 16.9. The summed E-state index contributed by atoms with van der Waals surface area (Å²) in [6.45, 7) is 0. The van der Waals surface area contributed by atoms with Crippen LogP contribution in [-0.2, 0) is 12.4 Å². The monoisotopic (exact) mass is 264 g/mol. The molecule has 0 radical (unpaired) electrons. The van der Waals surface area contributed by atoms with E-state index in [4.69, 9.17) is 10.5 Å². The van der Waals surface area contributed by atoms with Gasteiger partial charge in [0.1, 0.15) is 0 Å². The first kappa shape index (κ1) is 13.8. The second-order valence-corrected chi connectivity index (χ2v) is 3.17. The van der Waals surface area contributed by atoms with E-state index in [2.05, 4.69) is 0 Å². The van der Waals surface area contributed by atoms with Gasteiger partial charge in [-0.1, -0.05) is 0 Å². The minimum absolute atomic E-state index is 0.0731. The highest BCUT2D eigenvalue weighted by atomic mass is 19.4. The van der Waals surface area contributed by atoms with Crippen molar-refractivity contribution in [2.45, 2.75) is 12.4 Å². The quantitative estimate of drug-likeness (QED) is 0.673. The van der Waals surface area contributed by atoms with Gasteiger partial charge in [0, 0.05) is 0 Å². The second kappa shape index (κ2) is 4.22. The minimum atomic E-state index is -5.07. The van der Waals surface area contributed by atoms with Crippen LogP contribution < -0.4 is 0 Å². The van der Waals surface area contributed by atoms with Crippen LogP contribution >= 0.6 is 0 Å². The van der Waals surface area contributed by atoms with E-state index in [0.29, 0.717) is 0 Å². The highest BCUT2D eigenvalue weighted by Gasteiger charge is 2.40. The number of halogens is 6. The van der Waals surface area contributed by atoms with Crippen molar-refractivity contribution >= 4 is 0 Å². The Labute approximate surface area is 96.7 Å². The maximum atomic E-state index is 12.5. The molecule has 1 rings (SSSR count). The van der Waals surface area contributed by atoms with Crippen molar-refractivity contribution in [1.29, 1.82) is 10.5 Å². The number of nitriles is 2. The summed E-state index contributed by atoms with van der Waals surface area (Å²) in [6.07, 6.45) is -10.00. The van der Waals surface area contributed by atoms with Gasteiger partial charge in [-0.25, -0.2) is 0 Å². The molecule has 0 heterocycles. The van der Waals surface area contributed by atoms with Crippen LogP contribution in [0.2, 0.25) is 0 Å². The van der Waals surface area contributed by atoms with Gasteiger partial charge in [0.05, 0.1) is 34.4 Å². The Morgan fingerprint density at radius 1 is 0.778 bits per heavy atom. The fraction of sp³-hybridized carbons (Fsp3) is 0.200. The molecule has 0 unspecified atom stereocenters. The number of hydrogen-bond acceptors (Lipinski definition) is 2. The normalized spacial score (nSPS) is 11.8. The van der Waals surface area contributed by atoms with Gasteiger partial charge < -0.3 is 0 Å². The van der Waals surface area contributed by atoms with Crippen molar-refractivity contribution in [3.63, 3.8) is 0 Å². The Morgan fingerprint density at radius 2 is 1.17 bits per heavy atom. The van der Waals surface area contributed by atoms with Gasteiger partial charge in [-0.3, -0.25) is 0 Å². The van der Waals surface area contributed by atoms with Crippen molar-refractivity contribution in [2.24, 2.45) is 0 Å². The summed E-state index contributed by atoms with van der Waals surface area (Å²) in [6, 6.07) is 2.18. The van der Waals surface area contributed by atoms with Crippen LogP contribution in [0.5, 0.6) is 0 Å². The molecule has 0 saturated carbocycles. The molecule has 18 heavy (non-hydrogen) atoms. The average molecular weight is 264 g/mol. The van der Waals surface area contributed by atoms with Crippen LogP contribution in [0.25, 0.3) is 0 Å². The number of hydrogen-bond donors (Lipinski definition) is 0. The van der Waals surface area contributed by atoms with Gasteiger partial charge in [-0.15, -0.1) is 0 Å². The number of alkyl halides is 6. The maximum Gasteiger partial charge on any atom is 0.418 e. The molecule has 0 amide bonds. The molecule has 8 heteroatoms. The summed E-state index contributed by atoms with van der Waals surface area (Å²) < 4.78 is 74.6. The summed E-state index contributed by atoms with van der Waals surface area (Å²) in [5.74, 6) is 0. The van der Waals surface area contributed by atoms with Crippen molar-refractivity contribution < 1.29 is 26.3 Å². The number of benzene rings is 1. The number of nitrogens with zero attached hydrogens (tertiary/aromatic N) is 2. The van der Waals surface area contributed by atoms with Gasteiger partial charge in [0.15, 0.2) is 0 Å². The Morgan fingerprint density at radius 3 is 1.39 bits per heavy atom. The van der Waals surface area contributed by atoms with Gasteiger partial charge >= 0.3 is 12.4 Å². The van der Waals surface area contributed by atoms with E-state index in [0.717, 1.165) is 12.1 Å². The first-order valence-corrected chi connectivity index (χ1v) is 4.24. The molecule has 1 aromatic rings. The molecule has 0 bridgehead atoms. The minimum Gasteiger partial charge on any atom is -0.192 e. The first-order chi connectivity index (χ1) is 8.11. The summed E-state index contributed by atoms with van der Waals surface area (Å²) in [7, 11) is 0. The third kappa shape index (κ3) is 2.54. The van der Waals surface area contributed by atoms with Crippen molar-refractivity contribution in [3.05, 3.63) is 34.4 Å². The first-order valence-electron chi connectivity index (χ1n) is 4.24. The molecule has 0 fully saturated rings. The van der Waals surface area contributed by atoms with E-state index < -0.39 is 34.6 Å². The van der Waals surface area contributed by atoms with E-state index in [9.17, 15) is 26.3 Å². The van der Waals surface area contributed by atoms with Gasteiger partial charge in [0.25, 0.3) is 0 Å². The van der Waals surface area contributed by atoms with E-state index in [1.54, 1.807) is 0 Å². The van der Waals surface area contributed by atoms with E-state index in [1.807, 2.05) is 0 Å². The zero-order valence-electron chi connectivity index (χ0n) is 8.32. The molecule has 0 atom stereocenters. The van der Waals surface area contributed by atoms with Crippen LogP contribution in [0.1, 0.15) is 22.3 Å². The molecule has 0 aromatic heterocycles. The third-order valence-electron chi connectivity index (χ3n) is 1.99. The van der Waals surface area contributed by atoms with Crippen LogP contribution in [0.3, 0.4) is 0 Å². The Kier molecular flexibility index (Phi) is 3.25. The molecular weight excluding hydrogens is 262 g/mol. The van der Waals surface area contributed by atoms with Crippen molar-refractivity contribution in [1.82, 2.24) is 0 Å².